The van der Waals surface area contributed by atoms with Gasteiger partial charge in [0.15, 0.2) is 0 Å². The van der Waals surface area contributed by atoms with Crippen LogP contribution in [0, 0.1) is 109 Å². The number of nitrogens with zero attached hydrogens (tertiary/aromatic N) is 1. The summed E-state index contributed by atoms with van der Waals surface area (Å²) in [4.78, 5) is 5.52. The van der Waals surface area contributed by atoms with Gasteiger partial charge >= 0.3 is 0 Å². The van der Waals surface area contributed by atoms with E-state index in [0.29, 0.717) is 0 Å². The Kier molecular flexibility index (Phi) is 25.6. The molecule has 4 heteroatoms. The number of pyridine rings is 1. The lowest BCUT2D eigenvalue weighted by Crippen LogP contribution is -2.09. The van der Waals surface area contributed by atoms with E-state index in [1.807, 2.05) is 53.2 Å². The van der Waals surface area contributed by atoms with Gasteiger partial charge < -0.3 is 0 Å². The van der Waals surface area contributed by atoms with E-state index in [0.717, 1.165) is 17.5 Å². The molecule has 10 aromatic rings. The van der Waals surface area contributed by atoms with Crippen molar-refractivity contribution in [3.63, 3.8) is 0 Å². The van der Waals surface area contributed by atoms with E-state index in [4.69, 9.17) is 0 Å². The molecule has 2 atom stereocenters. The second-order valence-corrected chi connectivity index (χ2v) is 23.2. The van der Waals surface area contributed by atoms with Gasteiger partial charge in [-0.1, -0.05) is 159 Å². The Morgan fingerprint density at radius 1 is 0.411 bits per heavy atom. The Hall–Kier alpha value is -5.65. The summed E-state index contributed by atoms with van der Waals surface area (Å²) >= 11 is 5.52. The highest BCUT2D eigenvalue weighted by molar-refractivity contribution is 7.19. The SMILES string of the molecule is C[C@@H]1CCC[C@H](C)C1.Cc1ccc2sccc2c1C.Cc1cccc(C)c1.Cc1cccc2scc(C)c12.Cc1ccccc1C.Cc1ccccc1C.Cc1cccnc1C.Cc1sc2ccccc2c1C. The van der Waals surface area contributed by atoms with Crippen LogP contribution < -0.4 is 0 Å². The van der Waals surface area contributed by atoms with Gasteiger partial charge in [-0.05, 0) is 228 Å². The summed E-state index contributed by atoms with van der Waals surface area (Å²) in [5.41, 5.74) is 17.6. The highest BCUT2D eigenvalue weighted by atomic mass is 32.1. The zero-order chi connectivity index (χ0) is 53.5. The molecule has 0 radical (unpaired) electrons. The van der Waals surface area contributed by atoms with E-state index in [1.54, 1.807) is 0 Å². The molecule has 6 aromatic carbocycles. The van der Waals surface area contributed by atoms with Crippen molar-refractivity contribution in [3.05, 3.63) is 240 Å². The van der Waals surface area contributed by atoms with Gasteiger partial charge in [0, 0.05) is 30.9 Å². The monoisotopic (exact) mass is 1020 g/mol. The summed E-state index contributed by atoms with van der Waals surface area (Å²) in [6.07, 6.45) is 7.71. The van der Waals surface area contributed by atoms with Crippen LogP contribution >= 0.6 is 34.0 Å². The fraction of sp³-hybridized carbons (Fsp3) is 0.319. The molecule has 1 fully saturated rings. The van der Waals surface area contributed by atoms with Crippen LogP contribution in [0.3, 0.4) is 0 Å². The predicted octanol–water partition coefficient (Wildman–Crippen LogP) is 22.0. The fourth-order valence-electron chi connectivity index (χ4n) is 8.48. The van der Waals surface area contributed by atoms with Crippen LogP contribution in [0.5, 0.6) is 0 Å². The first-order valence-corrected chi connectivity index (χ1v) is 28.7. The number of aryl methyl sites for hydroxylation is 14. The fourth-order valence-corrected chi connectivity index (χ4v) is 11.4. The van der Waals surface area contributed by atoms with Crippen LogP contribution in [-0.2, 0) is 0 Å². The Balaban J connectivity index is 0.000000182. The van der Waals surface area contributed by atoms with E-state index < -0.39 is 0 Å². The number of rotatable bonds is 0. The van der Waals surface area contributed by atoms with Crippen molar-refractivity contribution in [3.8, 4) is 0 Å². The quantitative estimate of drug-likeness (QED) is 0.148. The molecule has 4 heterocycles. The van der Waals surface area contributed by atoms with Gasteiger partial charge in [0.2, 0.25) is 0 Å². The third kappa shape index (κ3) is 20.3. The first-order chi connectivity index (χ1) is 34.9. The first-order valence-electron chi connectivity index (χ1n) is 26.1. The maximum Gasteiger partial charge on any atom is 0.0401 e. The standard InChI is InChI=1S/3C10H10S.C8H16.3C8H10.C7H9N/c1-7-3-4-10-9(8(7)2)5-6-11-10;1-7-4-3-5-9-10(7)8(2)6-11-9;1-7-8(2)11-10-6-4-3-5-9(7)10;2*1-7-4-3-5-8(2)6-7;2*1-7-5-3-4-6-8(7)2;1-6-4-3-5-8-7(6)2/h3*3-6H,1-2H3;7-8H,3-6H2,1-2H3;3*3-6H,1-2H3;3-5H,1-2H3/t;;;7-,8+;;;;. The molecule has 0 bridgehead atoms. The summed E-state index contributed by atoms with van der Waals surface area (Å²) in [6.45, 7) is 34.6. The molecule has 1 nitrogen and oxygen atoms in total. The third-order valence-electron chi connectivity index (χ3n) is 13.7. The molecule has 1 aliphatic carbocycles. The summed E-state index contributed by atoms with van der Waals surface area (Å²) in [5.74, 6) is 2.03. The lowest BCUT2D eigenvalue weighted by Gasteiger charge is -2.22. The molecule has 0 amide bonds. The van der Waals surface area contributed by atoms with Crippen molar-refractivity contribution in [2.24, 2.45) is 11.8 Å². The molecule has 4 aromatic heterocycles. The highest BCUT2D eigenvalue weighted by Crippen LogP contribution is 2.30. The summed E-state index contributed by atoms with van der Waals surface area (Å²) < 4.78 is 4.21. The average molecular weight is 1020 g/mol. The molecule has 0 saturated heterocycles. The van der Waals surface area contributed by atoms with Gasteiger partial charge in [-0.15, -0.1) is 34.0 Å². The molecular formula is C69H85NS3. The highest BCUT2D eigenvalue weighted by Gasteiger charge is 2.13. The number of fused-ring (bicyclic) bond motifs is 3. The largest absolute Gasteiger partial charge is 0.261 e. The molecule has 384 valence electrons. The normalized spacial score (nSPS) is 13.3. The summed E-state index contributed by atoms with van der Waals surface area (Å²) in [6, 6.07) is 50.8. The van der Waals surface area contributed by atoms with Crippen molar-refractivity contribution in [1.82, 2.24) is 4.98 Å². The number of hydrogen-bond acceptors (Lipinski definition) is 4. The number of thiophene rings is 3. The second-order valence-electron chi connectivity index (χ2n) is 20.1. The lowest BCUT2D eigenvalue weighted by atomic mass is 9.84. The van der Waals surface area contributed by atoms with Crippen LogP contribution in [0.4, 0.5) is 0 Å². The summed E-state index contributed by atoms with van der Waals surface area (Å²) in [7, 11) is 0. The smallest absolute Gasteiger partial charge is 0.0401 e. The molecule has 11 rings (SSSR count). The van der Waals surface area contributed by atoms with E-state index in [2.05, 4.69) is 259 Å². The molecule has 0 spiro atoms. The third-order valence-corrected chi connectivity index (χ3v) is 16.9. The summed E-state index contributed by atoms with van der Waals surface area (Å²) in [5, 5.41) is 8.64. The minimum atomic E-state index is 1.01. The number of hydrogen-bond donors (Lipinski definition) is 0. The van der Waals surface area contributed by atoms with Crippen molar-refractivity contribution >= 4 is 64.3 Å². The van der Waals surface area contributed by atoms with Crippen LogP contribution in [0.1, 0.15) is 117 Å². The van der Waals surface area contributed by atoms with Gasteiger partial charge in [0.25, 0.3) is 0 Å². The van der Waals surface area contributed by atoms with E-state index in [1.165, 1.54) is 128 Å². The van der Waals surface area contributed by atoms with Gasteiger partial charge in [-0.2, -0.15) is 0 Å². The molecule has 1 aliphatic rings. The second kappa shape index (κ2) is 31.2. The maximum absolute atomic E-state index is 4.08. The topological polar surface area (TPSA) is 12.9 Å². The molecule has 0 aliphatic heterocycles. The number of aromatic nitrogens is 1. The zero-order valence-corrected chi connectivity index (χ0v) is 49.7. The average Bonchev–Trinajstić information content (AvgIpc) is 4.09. The molecule has 0 unspecified atom stereocenters. The van der Waals surface area contributed by atoms with Crippen molar-refractivity contribution in [2.75, 3.05) is 0 Å². The number of benzene rings is 6. The van der Waals surface area contributed by atoms with Crippen molar-refractivity contribution < 1.29 is 0 Å². The van der Waals surface area contributed by atoms with E-state index in [9.17, 15) is 0 Å². The maximum atomic E-state index is 4.08. The minimum Gasteiger partial charge on any atom is -0.261 e. The van der Waals surface area contributed by atoms with Crippen LogP contribution in [0.25, 0.3) is 30.3 Å². The van der Waals surface area contributed by atoms with E-state index >= 15 is 0 Å². The predicted molar refractivity (Wildman–Crippen MR) is 332 cm³/mol. The van der Waals surface area contributed by atoms with Crippen LogP contribution in [-0.4, -0.2) is 4.98 Å². The van der Waals surface area contributed by atoms with Gasteiger partial charge in [0.05, 0.1) is 0 Å². The Bertz CT molecular complexity index is 2980. The Morgan fingerprint density at radius 2 is 0.918 bits per heavy atom. The van der Waals surface area contributed by atoms with Gasteiger partial charge in [-0.3, -0.25) is 4.98 Å². The lowest BCUT2D eigenvalue weighted by molar-refractivity contribution is 0.301. The van der Waals surface area contributed by atoms with Crippen LogP contribution in [0.2, 0.25) is 0 Å². The van der Waals surface area contributed by atoms with Gasteiger partial charge in [0.1, 0.15) is 0 Å². The van der Waals surface area contributed by atoms with Gasteiger partial charge in [-0.25, -0.2) is 0 Å². The van der Waals surface area contributed by atoms with Crippen molar-refractivity contribution in [1.29, 1.82) is 0 Å². The molecule has 1 saturated carbocycles. The molecule has 73 heavy (non-hydrogen) atoms. The molecular weight excluding hydrogens is 939 g/mol. The van der Waals surface area contributed by atoms with Crippen molar-refractivity contribution in [2.45, 2.75) is 136 Å². The van der Waals surface area contributed by atoms with Crippen LogP contribution in [0.15, 0.2) is 163 Å². The molecule has 0 N–H and O–H groups in total. The van der Waals surface area contributed by atoms with E-state index in [-0.39, 0.29) is 0 Å². The minimum absolute atomic E-state index is 1.01. The Labute approximate surface area is 454 Å². The first kappa shape index (κ1) is 59.9. The Morgan fingerprint density at radius 3 is 1.38 bits per heavy atom. The zero-order valence-electron chi connectivity index (χ0n) is 47.2.